The van der Waals surface area contributed by atoms with Crippen LogP contribution in [0.4, 0.5) is 11.4 Å². The minimum Gasteiger partial charge on any atom is -0.399 e. The van der Waals surface area contributed by atoms with Crippen LogP contribution in [-0.4, -0.2) is 12.5 Å². The van der Waals surface area contributed by atoms with Gasteiger partial charge >= 0.3 is 0 Å². The Hall–Kier alpha value is -2.29. The van der Waals surface area contributed by atoms with Gasteiger partial charge < -0.3 is 10.6 Å². The van der Waals surface area contributed by atoms with Gasteiger partial charge in [-0.15, -0.1) is 0 Å². The molecular weight excluding hydrogens is 260 g/mol. The predicted octanol–water partition coefficient (Wildman–Crippen LogP) is 3.48. The van der Waals surface area contributed by atoms with Crippen LogP contribution in [0.15, 0.2) is 36.4 Å². The van der Waals surface area contributed by atoms with E-state index in [0.717, 1.165) is 47.5 Å². The van der Waals surface area contributed by atoms with Crippen LogP contribution in [0.5, 0.6) is 0 Å². The number of hydrogen-bond donors (Lipinski definition) is 1. The lowest BCUT2D eigenvalue weighted by molar-refractivity contribution is 0.0984. The van der Waals surface area contributed by atoms with Crippen LogP contribution >= 0.6 is 0 Å². The summed E-state index contributed by atoms with van der Waals surface area (Å²) in [5, 5.41) is 0. The molecule has 0 aromatic heterocycles. The molecule has 1 aliphatic rings. The monoisotopic (exact) mass is 280 g/mol. The molecule has 0 fully saturated rings. The Labute approximate surface area is 125 Å². The van der Waals surface area contributed by atoms with Crippen LogP contribution < -0.4 is 10.6 Å². The summed E-state index contributed by atoms with van der Waals surface area (Å²) in [6, 6.07) is 11.7. The molecule has 1 heterocycles. The summed E-state index contributed by atoms with van der Waals surface area (Å²) in [4.78, 5) is 14.8. The van der Waals surface area contributed by atoms with Gasteiger partial charge in [-0.3, -0.25) is 4.79 Å². The molecule has 0 saturated heterocycles. The first-order valence-corrected chi connectivity index (χ1v) is 7.34. The molecule has 0 saturated carbocycles. The van der Waals surface area contributed by atoms with Crippen molar-refractivity contribution < 1.29 is 4.79 Å². The molecule has 3 heteroatoms. The number of benzene rings is 2. The smallest absolute Gasteiger partial charge is 0.258 e. The number of aryl methyl sites for hydroxylation is 2. The summed E-state index contributed by atoms with van der Waals surface area (Å²) in [5.41, 5.74) is 11.8. The first-order valence-electron chi connectivity index (χ1n) is 7.34. The summed E-state index contributed by atoms with van der Waals surface area (Å²) >= 11 is 0. The molecule has 0 unspecified atom stereocenters. The molecule has 0 radical (unpaired) electrons. The predicted molar refractivity (Wildman–Crippen MR) is 86.8 cm³/mol. The number of fused-ring (bicyclic) bond motifs is 1. The van der Waals surface area contributed by atoms with E-state index in [1.807, 2.05) is 55.1 Å². The summed E-state index contributed by atoms with van der Waals surface area (Å²) in [7, 11) is 0. The SMILES string of the molecule is Cc1cccc(C(=O)N2CCCc3cc(N)ccc32)c1C. The fourth-order valence-electron chi connectivity index (χ4n) is 2.96. The Bertz CT molecular complexity index is 706. The highest BCUT2D eigenvalue weighted by molar-refractivity contribution is 6.07. The second-order valence-corrected chi connectivity index (χ2v) is 5.70. The van der Waals surface area contributed by atoms with E-state index in [2.05, 4.69) is 0 Å². The van der Waals surface area contributed by atoms with E-state index in [1.54, 1.807) is 0 Å². The zero-order chi connectivity index (χ0) is 15.0. The van der Waals surface area contributed by atoms with Gasteiger partial charge in [-0.25, -0.2) is 0 Å². The van der Waals surface area contributed by atoms with Crippen LogP contribution in [0.3, 0.4) is 0 Å². The minimum absolute atomic E-state index is 0.0851. The molecule has 0 spiro atoms. The number of hydrogen-bond acceptors (Lipinski definition) is 2. The standard InChI is InChI=1S/C18H20N2O/c1-12-5-3-7-16(13(12)2)18(21)20-10-4-6-14-11-15(19)8-9-17(14)20/h3,5,7-9,11H,4,6,10,19H2,1-2H3. The van der Waals surface area contributed by atoms with Gasteiger partial charge in [0.1, 0.15) is 0 Å². The molecule has 3 rings (SSSR count). The average Bonchev–Trinajstić information content (AvgIpc) is 2.48. The van der Waals surface area contributed by atoms with E-state index in [0.29, 0.717) is 0 Å². The Balaban J connectivity index is 2.02. The van der Waals surface area contributed by atoms with Gasteiger partial charge in [-0.2, -0.15) is 0 Å². The van der Waals surface area contributed by atoms with E-state index >= 15 is 0 Å². The number of nitrogens with two attached hydrogens (primary N) is 1. The highest BCUT2D eigenvalue weighted by atomic mass is 16.2. The Morgan fingerprint density at radius 1 is 1.19 bits per heavy atom. The fraction of sp³-hybridized carbons (Fsp3) is 0.278. The third kappa shape index (κ3) is 2.40. The Kier molecular flexibility index (Phi) is 3.42. The van der Waals surface area contributed by atoms with Gasteiger partial charge in [0.05, 0.1) is 0 Å². The van der Waals surface area contributed by atoms with Crippen molar-refractivity contribution in [2.75, 3.05) is 17.2 Å². The van der Waals surface area contributed by atoms with Crippen molar-refractivity contribution in [2.24, 2.45) is 0 Å². The van der Waals surface area contributed by atoms with E-state index in [9.17, 15) is 4.79 Å². The molecular formula is C18H20N2O. The molecule has 21 heavy (non-hydrogen) atoms. The normalized spacial score (nSPS) is 13.9. The maximum atomic E-state index is 12.9. The van der Waals surface area contributed by atoms with Crippen LogP contribution in [-0.2, 0) is 6.42 Å². The number of carbonyl (C=O) groups excluding carboxylic acids is 1. The maximum absolute atomic E-state index is 12.9. The van der Waals surface area contributed by atoms with Crippen molar-refractivity contribution in [3.8, 4) is 0 Å². The molecule has 108 valence electrons. The number of nitrogens with zero attached hydrogens (tertiary/aromatic N) is 1. The van der Waals surface area contributed by atoms with Gasteiger partial charge in [0.15, 0.2) is 0 Å². The lowest BCUT2D eigenvalue weighted by Gasteiger charge is -2.30. The van der Waals surface area contributed by atoms with E-state index in [1.165, 1.54) is 5.56 Å². The number of rotatable bonds is 1. The zero-order valence-electron chi connectivity index (χ0n) is 12.5. The molecule has 0 aliphatic carbocycles. The van der Waals surface area contributed by atoms with Gasteiger partial charge in [-0.05, 0) is 67.6 Å². The number of nitrogen functional groups attached to an aromatic ring is 1. The van der Waals surface area contributed by atoms with Crippen molar-refractivity contribution >= 4 is 17.3 Å². The highest BCUT2D eigenvalue weighted by Crippen LogP contribution is 2.30. The molecule has 2 N–H and O–H groups in total. The number of carbonyl (C=O) groups is 1. The summed E-state index contributed by atoms with van der Waals surface area (Å²) in [6.07, 6.45) is 1.96. The summed E-state index contributed by atoms with van der Waals surface area (Å²) in [6.45, 7) is 4.82. The second kappa shape index (κ2) is 5.24. The first-order chi connectivity index (χ1) is 10.1. The zero-order valence-corrected chi connectivity index (χ0v) is 12.5. The van der Waals surface area contributed by atoms with Gasteiger partial charge in [0.25, 0.3) is 5.91 Å². The van der Waals surface area contributed by atoms with E-state index < -0.39 is 0 Å². The van der Waals surface area contributed by atoms with Crippen LogP contribution in [0, 0.1) is 13.8 Å². The van der Waals surface area contributed by atoms with Crippen LogP contribution in [0.1, 0.15) is 33.5 Å². The molecule has 3 nitrogen and oxygen atoms in total. The minimum atomic E-state index is 0.0851. The fourth-order valence-corrected chi connectivity index (χ4v) is 2.96. The quantitative estimate of drug-likeness (QED) is 0.813. The third-order valence-electron chi connectivity index (χ3n) is 4.30. The van der Waals surface area contributed by atoms with Gasteiger partial charge in [-0.1, -0.05) is 12.1 Å². The second-order valence-electron chi connectivity index (χ2n) is 5.70. The number of amides is 1. The van der Waals surface area contributed by atoms with Crippen molar-refractivity contribution in [3.05, 3.63) is 58.7 Å². The maximum Gasteiger partial charge on any atom is 0.258 e. The molecule has 1 aliphatic heterocycles. The first kappa shape index (κ1) is 13.7. The van der Waals surface area contributed by atoms with E-state index in [-0.39, 0.29) is 5.91 Å². The van der Waals surface area contributed by atoms with Crippen LogP contribution in [0.2, 0.25) is 0 Å². The lowest BCUT2D eigenvalue weighted by atomic mass is 9.98. The van der Waals surface area contributed by atoms with Crippen molar-refractivity contribution in [3.63, 3.8) is 0 Å². The van der Waals surface area contributed by atoms with Crippen LogP contribution in [0.25, 0.3) is 0 Å². The molecule has 0 atom stereocenters. The van der Waals surface area contributed by atoms with Crippen molar-refractivity contribution in [1.29, 1.82) is 0 Å². The molecule has 1 amide bonds. The lowest BCUT2D eigenvalue weighted by Crippen LogP contribution is -2.36. The summed E-state index contributed by atoms with van der Waals surface area (Å²) in [5.74, 6) is 0.0851. The molecule has 2 aromatic rings. The van der Waals surface area contributed by atoms with Crippen molar-refractivity contribution in [2.45, 2.75) is 26.7 Å². The van der Waals surface area contributed by atoms with Crippen molar-refractivity contribution in [1.82, 2.24) is 0 Å². The largest absolute Gasteiger partial charge is 0.399 e. The third-order valence-corrected chi connectivity index (χ3v) is 4.30. The van der Waals surface area contributed by atoms with Gasteiger partial charge in [0, 0.05) is 23.5 Å². The number of anilines is 2. The Morgan fingerprint density at radius 2 is 2.00 bits per heavy atom. The topological polar surface area (TPSA) is 46.3 Å². The average molecular weight is 280 g/mol. The van der Waals surface area contributed by atoms with Gasteiger partial charge in [0.2, 0.25) is 0 Å². The highest BCUT2D eigenvalue weighted by Gasteiger charge is 2.24. The summed E-state index contributed by atoms with van der Waals surface area (Å²) < 4.78 is 0. The molecule has 0 bridgehead atoms. The Morgan fingerprint density at radius 3 is 2.81 bits per heavy atom. The molecule has 2 aromatic carbocycles. The van der Waals surface area contributed by atoms with E-state index in [4.69, 9.17) is 5.73 Å².